The molecule has 1 saturated carbocycles. The van der Waals surface area contributed by atoms with Crippen molar-refractivity contribution in [3.05, 3.63) is 0 Å². The Morgan fingerprint density at radius 2 is 1.88 bits per heavy atom. The lowest BCUT2D eigenvalue weighted by Gasteiger charge is -2.46. The molecular formula is C13H23NO3. The van der Waals surface area contributed by atoms with Gasteiger partial charge in [0.1, 0.15) is 5.54 Å². The highest BCUT2D eigenvalue weighted by atomic mass is 16.4. The van der Waals surface area contributed by atoms with Gasteiger partial charge >= 0.3 is 5.97 Å². The average Bonchev–Trinajstić information content (AvgIpc) is 2.50. The van der Waals surface area contributed by atoms with Crippen LogP contribution in [0.3, 0.4) is 0 Å². The van der Waals surface area contributed by atoms with E-state index in [0.29, 0.717) is 13.0 Å². The number of carbonyl (C=O) groups is 2. The zero-order valence-corrected chi connectivity index (χ0v) is 11.2. The smallest absolute Gasteiger partial charge is 0.330 e. The van der Waals surface area contributed by atoms with E-state index in [0.717, 1.165) is 19.3 Å². The molecule has 1 fully saturated rings. The van der Waals surface area contributed by atoms with E-state index < -0.39 is 11.5 Å². The van der Waals surface area contributed by atoms with E-state index >= 15 is 0 Å². The Balaban J connectivity index is 3.23. The van der Waals surface area contributed by atoms with Gasteiger partial charge in [0, 0.05) is 13.5 Å². The van der Waals surface area contributed by atoms with Crippen molar-refractivity contribution < 1.29 is 14.7 Å². The molecule has 98 valence electrons. The predicted octanol–water partition coefficient (Wildman–Crippen LogP) is 2.28. The van der Waals surface area contributed by atoms with Gasteiger partial charge in [-0.2, -0.15) is 0 Å². The highest BCUT2D eigenvalue weighted by molar-refractivity contribution is 5.87. The van der Waals surface area contributed by atoms with Crippen LogP contribution in [0, 0.1) is 5.41 Å². The molecule has 0 aromatic rings. The molecule has 4 heteroatoms. The molecule has 1 amide bonds. The Hall–Kier alpha value is -1.06. The van der Waals surface area contributed by atoms with Crippen molar-refractivity contribution in [3.8, 4) is 0 Å². The third kappa shape index (κ3) is 2.05. The topological polar surface area (TPSA) is 57.6 Å². The summed E-state index contributed by atoms with van der Waals surface area (Å²) in [5, 5.41) is 9.65. The van der Waals surface area contributed by atoms with E-state index in [2.05, 4.69) is 0 Å². The summed E-state index contributed by atoms with van der Waals surface area (Å²) in [7, 11) is 0. The summed E-state index contributed by atoms with van der Waals surface area (Å²) in [6.07, 6.45) is 3.07. The fraction of sp³-hybridized carbons (Fsp3) is 0.846. The molecular weight excluding hydrogens is 218 g/mol. The monoisotopic (exact) mass is 241 g/mol. The zero-order chi connectivity index (χ0) is 13.3. The normalized spacial score (nSPS) is 26.8. The Labute approximate surface area is 103 Å². The van der Waals surface area contributed by atoms with Gasteiger partial charge in [0.15, 0.2) is 0 Å². The number of aliphatic carboxylic acids is 1. The molecule has 0 spiro atoms. The average molecular weight is 241 g/mol. The van der Waals surface area contributed by atoms with E-state index in [1.54, 1.807) is 4.90 Å². The summed E-state index contributed by atoms with van der Waals surface area (Å²) >= 11 is 0. The molecule has 1 aliphatic rings. The van der Waals surface area contributed by atoms with Gasteiger partial charge < -0.3 is 10.0 Å². The number of carboxylic acid groups (broad SMARTS) is 1. The third-order valence-corrected chi connectivity index (χ3v) is 4.10. The molecule has 0 aliphatic heterocycles. The number of nitrogens with zero attached hydrogens (tertiary/aromatic N) is 1. The summed E-state index contributed by atoms with van der Waals surface area (Å²) < 4.78 is 0. The van der Waals surface area contributed by atoms with Crippen molar-refractivity contribution in [2.24, 2.45) is 5.41 Å². The molecule has 0 saturated heterocycles. The maximum Gasteiger partial charge on any atom is 0.330 e. The van der Waals surface area contributed by atoms with E-state index in [1.807, 2.05) is 20.8 Å². The highest BCUT2D eigenvalue weighted by Gasteiger charge is 2.58. The first-order valence-corrected chi connectivity index (χ1v) is 6.31. The summed E-state index contributed by atoms with van der Waals surface area (Å²) in [5.41, 5.74) is -1.38. The Morgan fingerprint density at radius 1 is 1.29 bits per heavy atom. The summed E-state index contributed by atoms with van der Waals surface area (Å²) in [4.78, 5) is 25.1. The molecule has 1 N–H and O–H groups in total. The van der Waals surface area contributed by atoms with Crippen LogP contribution in [0.1, 0.15) is 53.4 Å². The van der Waals surface area contributed by atoms with Crippen LogP contribution < -0.4 is 0 Å². The fourth-order valence-electron chi connectivity index (χ4n) is 3.18. The first-order chi connectivity index (χ1) is 7.79. The maximum atomic E-state index is 11.8. The predicted molar refractivity (Wildman–Crippen MR) is 65.7 cm³/mol. The van der Waals surface area contributed by atoms with Crippen LogP contribution in [-0.2, 0) is 9.59 Å². The molecule has 0 radical (unpaired) electrons. The minimum Gasteiger partial charge on any atom is -0.479 e. The summed E-state index contributed by atoms with van der Waals surface area (Å²) in [6, 6.07) is 0. The molecule has 1 unspecified atom stereocenters. The van der Waals surface area contributed by atoms with Crippen molar-refractivity contribution in [3.63, 3.8) is 0 Å². The number of hydrogen-bond acceptors (Lipinski definition) is 2. The van der Waals surface area contributed by atoms with Gasteiger partial charge in [0.2, 0.25) is 5.91 Å². The van der Waals surface area contributed by atoms with Crippen LogP contribution >= 0.6 is 0 Å². The second-order valence-corrected chi connectivity index (χ2v) is 5.57. The Bertz CT molecular complexity index is 325. The van der Waals surface area contributed by atoms with Gasteiger partial charge in [-0.05, 0) is 31.1 Å². The first kappa shape index (κ1) is 14.0. The second-order valence-electron chi connectivity index (χ2n) is 5.57. The number of rotatable bonds is 4. The fourth-order valence-corrected chi connectivity index (χ4v) is 3.18. The lowest BCUT2D eigenvalue weighted by molar-refractivity contribution is -0.166. The molecule has 0 bridgehead atoms. The van der Waals surface area contributed by atoms with Gasteiger partial charge in [0.25, 0.3) is 0 Å². The van der Waals surface area contributed by atoms with Crippen molar-refractivity contribution in [2.45, 2.75) is 58.9 Å². The number of hydrogen-bond donors (Lipinski definition) is 1. The standard InChI is InChI=1S/C13H23NO3/c1-5-9-14(10(2)15)13(11(16)17)8-6-7-12(13,3)4/h5-9H2,1-4H3,(H,16,17). The third-order valence-electron chi connectivity index (χ3n) is 4.10. The lowest BCUT2D eigenvalue weighted by Crippen LogP contribution is -2.62. The number of amides is 1. The Morgan fingerprint density at radius 3 is 2.18 bits per heavy atom. The summed E-state index contributed by atoms with van der Waals surface area (Å²) in [5.74, 6) is -0.993. The van der Waals surface area contributed by atoms with Gasteiger partial charge in [-0.3, -0.25) is 4.79 Å². The molecule has 0 aromatic carbocycles. The maximum absolute atomic E-state index is 11.8. The van der Waals surface area contributed by atoms with Crippen LogP contribution in [-0.4, -0.2) is 34.0 Å². The van der Waals surface area contributed by atoms with Crippen LogP contribution in [0.4, 0.5) is 0 Å². The van der Waals surface area contributed by atoms with Gasteiger partial charge in [-0.1, -0.05) is 20.8 Å². The van der Waals surface area contributed by atoms with Gasteiger partial charge in [-0.15, -0.1) is 0 Å². The van der Waals surface area contributed by atoms with Crippen molar-refractivity contribution in [2.75, 3.05) is 6.54 Å². The van der Waals surface area contributed by atoms with E-state index in [-0.39, 0.29) is 11.3 Å². The summed E-state index contributed by atoms with van der Waals surface area (Å²) in [6.45, 7) is 7.87. The van der Waals surface area contributed by atoms with Crippen LogP contribution in [0.15, 0.2) is 0 Å². The first-order valence-electron chi connectivity index (χ1n) is 6.31. The molecule has 1 aliphatic carbocycles. The van der Waals surface area contributed by atoms with Crippen LogP contribution in [0.25, 0.3) is 0 Å². The Kier molecular flexibility index (Phi) is 3.84. The van der Waals surface area contributed by atoms with Crippen LogP contribution in [0.2, 0.25) is 0 Å². The number of carboxylic acids is 1. The minimum atomic E-state index is -1.02. The molecule has 4 nitrogen and oxygen atoms in total. The van der Waals surface area contributed by atoms with E-state index in [1.165, 1.54) is 6.92 Å². The van der Waals surface area contributed by atoms with Crippen LogP contribution in [0.5, 0.6) is 0 Å². The zero-order valence-electron chi connectivity index (χ0n) is 11.2. The molecule has 1 atom stereocenters. The van der Waals surface area contributed by atoms with Gasteiger partial charge in [-0.25, -0.2) is 4.79 Å². The van der Waals surface area contributed by atoms with Crippen molar-refractivity contribution in [1.82, 2.24) is 4.90 Å². The molecule has 1 rings (SSSR count). The molecule has 0 aromatic heterocycles. The largest absolute Gasteiger partial charge is 0.479 e. The van der Waals surface area contributed by atoms with Gasteiger partial charge in [0.05, 0.1) is 0 Å². The van der Waals surface area contributed by atoms with Crippen molar-refractivity contribution in [1.29, 1.82) is 0 Å². The number of carbonyl (C=O) groups excluding carboxylic acids is 1. The quantitative estimate of drug-likeness (QED) is 0.821. The van der Waals surface area contributed by atoms with Crippen molar-refractivity contribution >= 4 is 11.9 Å². The SMILES string of the molecule is CCCN(C(C)=O)C1(C(=O)O)CCCC1(C)C. The molecule has 0 heterocycles. The minimum absolute atomic E-state index is 0.135. The lowest BCUT2D eigenvalue weighted by atomic mass is 9.73. The molecule has 17 heavy (non-hydrogen) atoms. The second kappa shape index (κ2) is 4.67. The highest BCUT2D eigenvalue weighted by Crippen LogP contribution is 2.50. The van der Waals surface area contributed by atoms with E-state index in [9.17, 15) is 14.7 Å². The van der Waals surface area contributed by atoms with E-state index in [4.69, 9.17) is 0 Å².